The molecule has 4 bridgehead atoms. The highest BCUT2D eigenvalue weighted by molar-refractivity contribution is 7.01. The van der Waals surface area contributed by atoms with Crippen LogP contribution in [0.15, 0.2) is 152 Å². The molecule has 6 aliphatic carbocycles. The summed E-state index contributed by atoms with van der Waals surface area (Å²) in [4.78, 5) is 5.32. The Labute approximate surface area is 385 Å². The minimum absolute atomic E-state index is 0.0189. The van der Waals surface area contributed by atoms with Crippen LogP contribution in [-0.4, -0.2) is 6.71 Å². The molecule has 0 radical (unpaired) electrons. The lowest BCUT2D eigenvalue weighted by Gasteiger charge is -2.49. The van der Waals surface area contributed by atoms with Gasteiger partial charge in [0.25, 0.3) is 6.71 Å². The minimum Gasteiger partial charge on any atom is -0.311 e. The molecule has 318 valence electrons. The van der Waals surface area contributed by atoms with Gasteiger partial charge in [-0.05, 0) is 170 Å². The minimum atomic E-state index is -0.0292. The maximum absolute atomic E-state index is 2.76. The van der Waals surface area contributed by atoms with E-state index in [1.54, 1.807) is 22.3 Å². The lowest BCUT2D eigenvalue weighted by molar-refractivity contribution is 0.0990. The van der Waals surface area contributed by atoms with Crippen LogP contribution in [0.1, 0.15) is 102 Å². The number of para-hydroxylation sites is 2. The van der Waals surface area contributed by atoms with E-state index in [4.69, 9.17) is 0 Å². The first kappa shape index (κ1) is 37.4. The third kappa shape index (κ3) is 3.86. The van der Waals surface area contributed by atoms with Gasteiger partial charge in [-0.2, -0.15) is 0 Å². The average molecular weight is 841 g/mol. The Kier molecular flexibility index (Phi) is 6.78. The first-order chi connectivity index (χ1) is 31.5. The molecular formula is C62H57BN2. The predicted octanol–water partition coefficient (Wildman–Crippen LogP) is 14.0. The van der Waals surface area contributed by atoms with Crippen molar-refractivity contribution in [3.05, 3.63) is 174 Å². The standard InChI is InChI=1S/C62H57BN2/c1-57(2)38-32-34-59(57,5)61(36-38)43-22-12-10-20-41(43)53-45(61)24-16-27-49(53)65-51-29-17-28-50-55(51)63(47-25-14-15-26-48(47)64(50)40-18-8-7-9-19-40)56-52(65)31-30-46-54(56)42-21-11-13-23-44(42)62(46)37-39-33-35-60(62,6)58(39,3)4/h7-31,38-39H,32-37H2,1-6H3/t38?,39?,59?,60?,61-,62-/m0/s1. The number of nitrogens with zero attached hydrogens (tertiary/aromatic N) is 2. The molecule has 3 heteroatoms. The van der Waals surface area contributed by atoms with E-state index in [0.717, 1.165) is 0 Å². The van der Waals surface area contributed by atoms with Gasteiger partial charge in [0.15, 0.2) is 0 Å². The quantitative estimate of drug-likeness (QED) is 0.160. The maximum atomic E-state index is 2.76. The molecule has 2 nitrogen and oxygen atoms in total. The first-order valence-corrected chi connectivity index (χ1v) is 24.9. The molecule has 7 aromatic rings. The molecule has 0 amide bonds. The second-order valence-corrected chi connectivity index (χ2v) is 23.2. The number of hydrogen-bond donors (Lipinski definition) is 0. The number of rotatable bonds is 2. The first-order valence-electron chi connectivity index (χ1n) is 24.9. The fraction of sp³-hybridized carbons (Fsp3) is 0.323. The molecule has 0 aromatic heterocycles. The average Bonchev–Trinajstić information content (AvgIpc) is 4.03. The van der Waals surface area contributed by atoms with Crippen LogP contribution >= 0.6 is 0 Å². The van der Waals surface area contributed by atoms with Crippen molar-refractivity contribution in [1.82, 2.24) is 0 Å². The van der Waals surface area contributed by atoms with Gasteiger partial charge in [-0.15, -0.1) is 0 Å². The fourth-order valence-electron chi connectivity index (χ4n) is 17.8. The van der Waals surface area contributed by atoms with Crippen LogP contribution in [0.5, 0.6) is 0 Å². The highest BCUT2D eigenvalue weighted by atomic mass is 15.2. The Hall–Kier alpha value is -5.80. The van der Waals surface area contributed by atoms with Crippen LogP contribution in [0, 0.1) is 33.5 Å². The van der Waals surface area contributed by atoms with Crippen molar-refractivity contribution in [2.75, 3.05) is 9.80 Å². The van der Waals surface area contributed by atoms with E-state index in [9.17, 15) is 0 Å². The van der Waals surface area contributed by atoms with Gasteiger partial charge in [-0.25, -0.2) is 0 Å². The van der Waals surface area contributed by atoms with Crippen molar-refractivity contribution >= 4 is 57.2 Å². The van der Waals surface area contributed by atoms with Crippen molar-refractivity contribution in [1.29, 1.82) is 0 Å². The van der Waals surface area contributed by atoms with E-state index in [-0.39, 0.29) is 39.2 Å². The fourth-order valence-corrected chi connectivity index (χ4v) is 17.8. The highest BCUT2D eigenvalue weighted by Gasteiger charge is 2.73. The lowest BCUT2D eigenvalue weighted by Crippen LogP contribution is -2.62. The van der Waals surface area contributed by atoms with Crippen LogP contribution in [0.3, 0.4) is 0 Å². The molecule has 8 aliphatic rings. The summed E-state index contributed by atoms with van der Waals surface area (Å²) in [6.45, 7) is 15.8. The SMILES string of the molecule is CC1(C)C2CCC1(C)[C@@]1(C2)c2ccccc2-c2c(N3c4cccc5c4B(c4ccccc4N5c4ccccc4)c4c3ccc3c4-c4ccccc4[C@@]34CC3CCC4(C)C3(C)C)cccc21. The molecule has 4 saturated carbocycles. The van der Waals surface area contributed by atoms with Gasteiger partial charge < -0.3 is 9.80 Å². The van der Waals surface area contributed by atoms with Gasteiger partial charge in [-0.1, -0.05) is 151 Å². The Morgan fingerprint density at radius 3 is 1.54 bits per heavy atom. The summed E-state index contributed by atoms with van der Waals surface area (Å²) in [6.07, 6.45) is 7.69. The second-order valence-electron chi connectivity index (χ2n) is 23.2. The van der Waals surface area contributed by atoms with Gasteiger partial charge in [0, 0.05) is 44.8 Å². The van der Waals surface area contributed by atoms with Crippen LogP contribution in [0.2, 0.25) is 0 Å². The number of fused-ring (bicyclic) bond motifs is 21. The van der Waals surface area contributed by atoms with E-state index < -0.39 is 0 Å². The normalized spacial score (nSPS) is 30.0. The third-order valence-corrected chi connectivity index (χ3v) is 21.5. The summed E-state index contributed by atoms with van der Waals surface area (Å²) >= 11 is 0. The van der Waals surface area contributed by atoms with Gasteiger partial charge in [0.05, 0.1) is 5.69 Å². The zero-order valence-electron chi connectivity index (χ0n) is 38.8. The van der Waals surface area contributed by atoms with Crippen LogP contribution in [0.25, 0.3) is 22.3 Å². The molecule has 4 fully saturated rings. The number of benzene rings is 7. The number of anilines is 6. The van der Waals surface area contributed by atoms with Crippen LogP contribution < -0.4 is 26.2 Å². The van der Waals surface area contributed by atoms with Crippen LogP contribution in [0.4, 0.5) is 34.1 Å². The maximum Gasteiger partial charge on any atom is 0.252 e. The number of hydrogen-bond acceptors (Lipinski definition) is 2. The molecule has 0 saturated heterocycles. The van der Waals surface area contributed by atoms with Crippen LogP contribution in [-0.2, 0) is 10.8 Å². The molecule has 2 spiro atoms. The predicted molar refractivity (Wildman–Crippen MR) is 271 cm³/mol. The zero-order chi connectivity index (χ0) is 43.6. The highest BCUT2D eigenvalue weighted by Crippen LogP contribution is 2.80. The van der Waals surface area contributed by atoms with Gasteiger partial charge in [0.2, 0.25) is 0 Å². The molecule has 2 heterocycles. The summed E-state index contributed by atoms with van der Waals surface area (Å²) in [6, 6.07) is 59.7. The Morgan fingerprint density at radius 1 is 0.415 bits per heavy atom. The summed E-state index contributed by atoms with van der Waals surface area (Å²) in [7, 11) is 0. The molecule has 65 heavy (non-hydrogen) atoms. The summed E-state index contributed by atoms with van der Waals surface area (Å²) in [5, 5.41) is 0. The van der Waals surface area contributed by atoms with Crippen molar-refractivity contribution in [2.24, 2.45) is 33.5 Å². The van der Waals surface area contributed by atoms with E-state index in [1.165, 1.54) is 111 Å². The second kappa shape index (κ2) is 11.8. The summed E-state index contributed by atoms with van der Waals surface area (Å²) < 4.78 is 0. The summed E-state index contributed by atoms with van der Waals surface area (Å²) in [5.74, 6) is 1.42. The molecule has 6 atom stereocenters. The van der Waals surface area contributed by atoms with Gasteiger partial charge >= 0.3 is 0 Å². The van der Waals surface area contributed by atoms with Gasteiger partial charge in [-0.3, -0.25) is 0 Å². The Balaban J connectivity index is 1.07. The lowest BCUT2D eigenvalue weighted by atomic mass is 9.32. The molecule has 4 unspecified atom stereocenters. The topological polar surface area (TPSA) is 6.48 Å². The van der Waals surface area contributed by atoms with E-state index in [2.05, 4.69) is 203 Å². The van der Waals surface area contributed by atoms with Crippen molar-refractivity contribution in [3.63, 3.8) is 0 Å². The summed E-state index contributed by atoms with van der Waals surface area (Å²) in [5.41, 5.74) is 24.9. The van der Waals surface area contributed by atoms with Crippen molar-refractivity contribution in [3.8, 4) is 22.3 Å². The Bertz CT molecular complexity index is 3270. The monoisotopic (exact) mass is 840 g/mol. The third-order valence-electron chi connectivity index (χ3n) is 21.5. The molecule has 7 aromatic carbocycles. The largest absolute Gasteiger partial charge is 0.311 e. The molecule has 15 rings (SSSR count). The van der Waals surface area contributed by atoms with E-state index >= 15 is 0 Å². The smallest absolute Gasteiger partial charge is 0.252 e. The molecule has 2 aliphatic heterocycles. The molecule has 0 N–H and O–H groups in total. The molecular weight excluding hydrogens is 784 g/mol. The van der Waals surface area contributed by atoms with Crippen molar-refractivity contribution in [2.45, 2.75) is 90.9 Å². The van der Waals surface area contributed by atoms with Gasteiger partial charge in [0.1, 0.15) is 0 Å². The zero-order valence-corrected chi connectivity index (χ0v) is 38.8. The Morgan fingerprint density at radius 2 is 0.908 bits per heavy atom. The van der Waals surface area contributed by atoms with Crippen molar-refractivity contribution < 1.29 is 0 Å². The van der Waals surface area contributed by atoms with E-state index in [0.29, 0.717) is 11.8 Å². The van der Waals surface area contributed by atoms with E-state index in [1.807, 2.05) is 0 Å².